The molecule has 18 heavy (non-hydrogen) atoms. The van der Waals surface area contributed by atoms with Gasteiger partial charge in [-0.15, -0.1) is 0 Å². The van der Waals surface area contributed by atoms with E-state index in [2.05, 4.69) is 29.1 Å². The van der Waals surface area contributed by atoms with Gasteiger partial charge >= 0.3 is 0 Å². The Kier molecular flexibility index (Phi) is 4.72. The number of aromatic nitrogens is 1. The van der Waals surface area contributed by atoms with Crippen molar-refractivity contribution in [2.75, 3.05) is 13.6 Å². The van der Waals surface area contributed by atoms with Crippen molar-refractivity contribution in [1.29, 1.82) is 0 Å². The van der Waals surface area contributed by atoms with Gasteiger partial charge in [-0.1, -0.05) is 19.3 Å². The van der Waals surface area contributed by atoms with Gasteiger partial charge in [-0.3, -0.25) is 4.98 Å². The highest BCUT2D eigenvalue weighted by atomic mass is 15.1. The van der Waals surface area contributed by atoms with Crippen LogP contribution in [-0.4, -0.2) is 29.0 Å². The number of pyridine rings is 1. The Morgan fingerprint density at radius 1 is 1.22 bits per heavy atom. The van der Waals surface area contributed by atoms with Crippen molar-refractivity contribution in [3.63, 3.8) is 0 Å². The average molecular weight is 247 g/mol. The second-order valence-electron chi connectivity index (χ2n) is 5.77. The molecule has 1 saturated carbocycles. The second-order valence-corrected chi connectivity index (χ2v) is 5.77. The molecule has 2 N–H and O–H groups in total. The number of rotatable bonds is 5. The minimum atomic E-state index is 0.102. The van der Waals surface area contributed by atoms with Gasteiger partial charge in [-0.25, -0.2) is 0 Å². The van der Waals surface area contributed by atoms with Crippen molar-refractivity contribution in [2.45, 2.75) is 50.6 Å². The molecule has 0 amide bonds. The highest BCUT2D eigenvalue weighted by molar-refractivity contribution is 5.09. The van der Waals surface area contributed by atoms with Crippen LogP contribution in [0.4, 0.5) is 0 Å². The van der Waals surface area contributed by atoms with E-state index in [1.54, 1.807) is 0 Å². The predicted molar refractivity (Wildman–Crippen MR) is 75.2 cm³/mol. The number of hydrogen-bond acceptors (Lipinski definition) is 3. The molecule has 1 aromatic rings. The van der Waals surface area contributed by atoms with Crippen LogP contribution in [0.1, 0.15) is 44.1 Å². The Morgan fingerprint density at radius 3 is 2.56 bits per heavy atom. The molecule has 100 valence electrons. The standard InChI is InChI=1S/C15H25N3/c1-18(13-14-5-10-17-11-6-14)12-9-15(16)7-3-2-4-8-15/h5-6,10-11H,2-4,7-9,12-13,16H2,1H3. The van der Waals surface area contributed by atoms with Crippen LogP contribution < -0.4 is 5.73 Å². The van der Waals surface area contributed by atoms with Gasteiger partial charge in [-0.2, -0.15) is 0 Å². The molecule has 3 heteroatoms. The normalized spacial score (nSPS) is 19.1. The maximum Gasteiger partial charge on any atom is 0.0271 e. The molecule has 1 heterocycles. The zero-order valence-electron chi connectivity index (χ0n) is 11.4. The lowest BCUT2D eigenvalue weighted by molar-refractivity contribution is 0.226. The summed E-state index contributed by atoms with van der Waals surface area (Å²) in [4.78, 5) is 6.40. The molecule has 0 radical (unpaired) electrons. The molecule has 0 saturated heterocycles. The van der Waals surface area contributed by atoms with E-state index in [4.69, 9.17) is 5.73 Å². The Balaban J connectivity index is 1.76. The summed E-state index contributed by atoms with van der Waals surface area (Å²) in [5.74, 6) is 0. The van der Waals surface area contributed by atoms with Gasteiger partial charge < -0.3 is 10.6 Å². The molecule has 0 bridgehead atoms. The van der Waals surface area contributed by atoms with Gasteiger partial charge in [0.05, 0.1) is 0 Å². The minimum Gasteiger partial charge on any atom is -0.325 e. The van der Waals surface area contributed by atoms with E-state index < -0.39 is 0 Å². The lowest BCUT2D eigenvalue weighted by Crippen LogP contribution is -2.44. The monoisotopic (exact) mass is 247 g/mol. The number of hydrogen-bond donors (Lipinski definition) is 1. The molecule has 2 rings (SSSR count). The van der Waals surface area contributed by atoms with Gasteiger partial charge in [0, 0.05) is 24.5 Å². The summed E-state index contributed by atoms with van der Waals surface area (Å²) in [6.07, 6.45) is 11.2. The SMILES string of the molecule is CN(CCC1(N)CCCCC1)Cc1ccncc1. The van der Waals surface area contributed by atoms with Gasteiger partial charge in [0.1, 0.15) is 0 Å². The largest absolute Gasteiger partial charge is 0.325 e. The van der Waals surface area contributed by atoms with Gasteiger partial charge in [-0.05, 0) is 50.6 Å². The van der Waals surface area contributed by atoms with Crippen molar-refractivity contribution in [3.8, 4) is 0 Å². The molecule has 0 unspecified atom stereocenters. The van der Waals surface area contributed by atoms with Crippen molar-refractivity contribution < 1.29 is 0 Å². The zero-order chi connectivity index (χ0) is 12.8. The molecule has 1 fully saturated rings. The fourth-order valence-corrected chi connectivity index (χ4v) is 2.80. The number of nitrogens with two attached hydrogens (primary N) is 1. The summed E-state index contributed by atoms with van der Waals surface area (Å²) in [6, 6.07) is 4.16. The van der Waals surface area contributed by atoms with E-state index in [1.807, 2.05) is 12.4 Å². The number of nitrogens with zero attached hydrogens (tertiary/aromatic N) is 2. The summed E-state index contributed by atoms with van der Waals surface area (Å²) in [7, 11) is 2.17. The van der Waals surface area contributed by atoms with Gasteiger partial charge in [0.2, 0.25) is 0 Å². The maximum absolute atomic E-state index is 6.46. The van der Waals surface area contributed by atoms with E-state index in [0.29, 0.717) is 0 Å². The first-order chi connectivity index (χ1) is 8.68. The van der Waals surface area contributed by atoms with Crippen molar-refractivity contribution in [3.05, 3.63) is 30.1 Å². The summed E-state index contributed by atoms with van der Waals surface area (Å²) < 4.78 is 0. The smallest absolute Gasteiger partial charge is 0.0271 e. The summed E-state index contributed by atoms with van der Waals surface area (Å²) in [6.45, 7) is 2.07. The average Bonchev–Trinajstić information content (AvgIpc) is 2.39. The molecule has 3 nitrogen and oxygen atoms in total. The van der Waals surface area contributed by atoms with E-state index in [9.17, 15) is 0 Å². The Labute approximate surface area is 110 Å². The topological polar surface area (TPSA) is 42.1 Å². The summed E-state index contributed by atoms with van der Waals surface area (Å²) in [5, 5.41) is 0. The molecule has 1 aliphatic rings. The molecule has 0 aliphatic heterocycles. The third-order valence-electron chi connectivity index (χ3n) is 4.04. The summed E-state index contributed by atoms with van der Waals surface area (Å²) in [5.41, 5.74) is 7.89. The van der Waals surface area contributed by atoms with Crippen LogP contribution in [0.2, 0.25) is 0 Å². The van der Waals surface area contributed by atoms with Crippen molar-refractivity contribution in [1.82, 2.24) is 9.88 Å². The van der Waals surface area contributed by atoms with E-state index >= 15 is 0 Å². The fourth-order valence-electron chi connectivity index (χ4n) is 2.80. The van der Waals surface area contributed by atoms with Crippen LogP contribution in [0.3, 0.4) is 0 Å². The molecule has 0 aromatic carbocycles. The minimum absolute atomic E-state index is 0.102. The highest BCUT2D eigenvalue weighted by Crippen LogP contribution is 2.28. The Hall–Kier alpha value is -0.930. The molecule has 1 aromatic heterocycles. The van der Waals surface area contributed by atoms with Crippen molar-refractivity contribution >= 4 is 0 Å². The lowest BCUT2D eigenvalue weighted by Gasteiger charge is -2.34. The summed E-state index contributed by atoms with van der Waals surface area (Å²) >= 11 is 0. The van der Waals surface area contributed by atoms with Crippen LogP contribution in [0.25, 0.3) is 0 Å². The Bertz CT molecular complexity index is 344. The van der Waals surface area contributed by atoms with Crippen LogP contribution in [-0.2, 0) is 6.54 Å². The highest BCUT2D eigenvalue weighted by Gasteiger charge is 2.27. The maximum atomic E-state index is 6.46. The molecule has 0 atom stereocenters. The second kappa shape index (κ2) is 6.30. The predicted octanol–water partition coefficient (Wildman–Crippen LogP) is 2.57. The van der Waals surface area contributed by atoms with Crippen LogP contribution >= 0.6 is 0 Å². The lowest BCUT2D eigenvalue weighted by atomic mass is 9.80. The molecule has 1 aliphatic carbocycles. The first kappa shape index (κ1) is 13.5. The third kappa shape index (κ3) is 4.07. The first-order valence-corrected chi connectivity index (χ1v) is 7.04. The zero-order valence-corrected chi connectivity index (χ0v) is 11.4. The quantitative estimate of drug-likeness (QED) is 0.869. The van der Waals surface area contributed by atoms with Gasteiger partial charge in [0.25, 0.3) is 0 Å². The Morgan fingerprint density at radius 2 is 1.89 bits per heavy atom. The first-order valence-electron chi connectivity index (χ1n) is 7.04. The van der Waals surface area contributed by atoms with E-state index in [0.717, 1.165) is 19.5 Å². The third-order valence-corrected chi connectivity index (χ3v) is 4.04. The van der Waals surface area contributed by atoms with Crippen LogP contribution in [0.5, 0.6) is 0 Å². The molecule has 0 spiro atoms. The fraction of sp³-hybridized carbons (Fsp3) is 0.667. The van der Waals surface area contributed by atoms with Gasteiger partial charge in [0.15, 0.2) is 0 Å². The molecular formula is C15H25N3. The van der Waals surface area contributed by atoms with E-state index in [-0.39, 0.29) is 5.54 Å². The van der Waals surface area contributed by atoms with Crippen LogP contribution in [0, 0.1) is 0 Å². The van der Waals surface area contributed by atoms with Crippen LogP contribution in [0.15, 0.2) is 24.5 Å². The molecular weight excluding hydrogens is 222 g/mol. The van der Waals surface area contributed by atoms with Crippen molar-refractivity contribution in [2.24, 2.45) is 5.73 Å². The van der Waals surface area contributed by atoms with E-state index in [1.165, 1.54) is 37.7 Å².